The zero-order valence-electron chi connectivity index (χ0n) is 11.1. The van der Waals surface area contributed by atoms with Crippen LogP contribution in [0.5, 0.6) is 5.75 Å². The van der Waals surface area contributed by atoms with Crippen LogP contribution in [0.4, 0.5) is 4.39 Å². The number of methoxy groups -OCH3 is 1. The van der Waals surface area contributed by atoms with Crippen molar-refractivity contribution < 1.29 is 9.13 Å². The highest BCUT2D eigenvalue weighted by Gasteiger charge is 2.17. The Morgan fingerprint density at radius 3 is 2.70 bits per heavy atom. The lowest BCUT2D eigenvalue weighted by molar-refractivity contribution is 0.398. The lowest BCUT2D eigenvalue weighted by Crippen LogP contribution is -2.30. The van der Waals surface area contributed by atoms with Crippen LogP contribution >= 0.6 is 11.6 Å². The number of benzene rings is 2. The number of rotatable bonds is 5. The predicted octanol–water partition coefficient (Wildman–Crippen LogP) is 3.23. The van der Waals surface area contributed by atoms with Crippen LogP contribution < -0.4 is 16.0 Å². The Bertz CT molecular complexity index is 592. The molecule has 0 aliphatic rings. The molecular weight excluding hydrogens is 279 g/mol. The zero-order valence-corrected chi connectivity index (χ0v) is 11.8. The third-order valence-electron chi connectivity index (χ3n) is 3.15. The molecule has 0 saturated heterocycles. The number of nitrogens with two attached hydrogens (primary N) is 1. The molecule has 0 aliphatic heterocycles. The first-order chi connectivity index (χ1) is 9.65. The summed E-state index contributed by atoms with van der Waals surface area (Å²) in [6, 6.07) is 11.7. The highest BCUT2D eigenvalue weighted by atomic mass is 35.5. The van der Waals surface area contributed by atoms with Gasteiger partial charge in [0.25, 0.3) is 0 Å². The second-order valence-electron chi connectivity index (χ2n) is 4.40. The predicted molar refractivity (Wildman–Crippen MR) is 78.2 cm³/mol. The molecule has 2 rings (SSSR count). The number of nitrogens with one attached hydrogen (secondary N) is 1. The first kappa shape index (κ1) is 14.8. The summed E-state index contributed by atoms with van der Waals surface area (Å²) < 4.78 is 19.0. The third-order valence-corrected chi connectivity index (χ3v) is 3.39. The molecule has 2 aromatic rings. The van der Waals surface area contributed by atoms with E-state index in [1.807, 2.05) is 6.07 Å². The van der Waals surface area contributed by atoms with Crippen LogP contribution in [0.1, 0.15) is 17.2 Å². The minimum Gasteiger partial charge on any atom is -0.496 e. The van der Waals surface area contributed by atoms with Crippen molar-refractivity contribution in [3.8, 4) is 5.75 Å². The van der Waals surface area contributed by atoms with E-state index in [1.54, 1.807) is 37.4 Å². The van der Waals surface area contributed by atoms with Crippen LogP contribution in [-0.2, 0) is 6.42 Å². The number of ether oxygens (including phenoxy) is 1. The van der Waals surface area contributed by atoms with E-state index in [2.05, 4.69) is 5.43 Å². The van der Waals surface area contributed by atoms with Gasteiger partial charge < -0.3 is 4.74 Å². The number of hydrogen-bond donors (Lipinski definition) is 2. The van der Waals surface area contributed by atoms with Gasteiger partial charge in [-0.15, -0.1) is 0 Å². The maximum Gasteiger partial charge on any atom is 0.126 e. The van der Waals surface area contributed by atoms with Crippen molar-refractivity contribution in [1.29, 1.82) is 0 Å². The molecule has 0 saturated carbocycles. The molecule has 3 nitrogen and oxygen atoms in total. The molecule has 5 heteroatoms. The van der Waals surface area contributed by atoms with Gasteiger partial charge in [0.15, 0.2) is 0 Å². The van der Waals surface area contributed by atoms with E-state index in [4.69, 9.17) is 22.2 Å². The lowest BCUT2D eigenvalue weighted by Gasteiger charge is -2.19. The average molecular weight is 295 g/mol. The van der Waals surface area contributed by atoms with Crippen molar-refractivity contribution in [2.24, 2.45) is 5.84 Å². The molecule has 2 aromatic carbocycles. The summed E-state index contributed by atoms with van der Waals surface area (Å²) in [5, 5.41) is 0.576. The fraction of sp³-hybridized carbons (Fsp3) is 0.200. The first-order valence-corrected chi connectivity index (χ1v) is 6.56. The van der Waals surface area contributed by atoms with Crippen molar-refractivity contribution in [1.82, 2.24) is 5.43 Å². The maximum atomic E-state index is 13.7. The molecule has 106 valence electrons. The SMILES string of the molecule is COc1cc(Cl)ccc1C(Cc1ccccc1F)NN. The largest absolute Gasteiger partial charge is 0.496 e. The normalized spacial score (nSPS) is 12.2. The van der Waals surface area contributed by atoms with Gasteiger partial charge in [-0.25, -0.2) is 4.39 Å². The number of hydrogen-bond acceptors (Lipinski definition) is 3. The summed E-state index contributed by atoms with van der Waals surface area (Å²) in [5.74, 6) is 5.98. The van der Waals surface area contributed by atoms with Gasteiger partial charge in [0.2, 0.25) is 0 Å². The molecule has 0 spiro atoms. The smallest absolute Gasteiger partial charge is 0.126 e. The summed E-state index contributed by atoms with van der Waals surface area (Å²) in [7, 11) is 1.56. The zero-order chi connectivity index (χ0) is 14.5. The number of hydrazine groups is 1. The van der Waals surface area contributed by atoms with E-state index < -0.39 is 0 Å². The highest BCUT2D eigenvalue weighted by Crippen LogP contribution is 2.30. The van der Waals surface area contributed by atoms with E-state index in [-0.39, 0.29) is 11.9 Å². The van der Waals surface area contributed by atoms with Crippen molar-refractivity contribution in [2.45, 2.75) is 12.5 Å². The standard InChI is InChI=1S/C15H16ClFN2O/c1-20-15-9-11(16)6-7-12(15)14(19-18)8-10-4-2-3-5-13(10)17/h2-7,9,14,19H,8,18H2,1H3. The average Bonchev–Trinajstić information content (AvgIpc) is 2.46. The molecule has 3 N–H and O–H groups in total. The van der Waals surface area contributed by atoms with Crippen LogP contribution in [0.25, 0.3) is 0 Å². The van der Waals surface area contributed by atoms with Crippen molar-refractivity contribution >= 4 is 11.6 Å². The van der Waals surface area contributed by atoms with Gasteiger partial charge in [-0.2, -0.15) is 0 Å². The van der Waals surface area contributed by atoms with Gasteiger partial charge >= 0.3 is 0 Å². The quantitative estimate of drug-likeness (QED) is 0.657. The molecule has 0 bridgehead atoms. The molecule has 20 heavy (non-hydrogen) atoms. The number of halogens is 2. The van der Waals surface area contributed by atoms with Crippen LogP contribution in [0.3, 0.4) is 0 Å². The minimum absolute atomic E-state index is 0.249. The summed E-state index contributed by atoms with van der Waals surface area (Å²) in [6.45, 7) is 0. The Hall–Kier alpha value is -1.62. The Morgan fingerprint density at radius 1 is 1.30 bits per heavy atom. The van der Waals surface area contributed by atoms with Crippen molar-refractivity contribution in [3.05, 3.63) is 64.4 Å². The molecule has 0 radical (unpaired) electrons. The Kier molecular flexibility index (Phi) is 4.95. The van der Waals surface area contributed by atoms with Gasteiger partial charge in [0.05, 0.1) is 13.2 Å². The summed E-state index contributed by atoms with van der Waals surface area (Å²) in [4.78, 5) is 0. The molecule has 0 amide bonds. The van der Waals surface area contributed by atoms with E-state index in [0.29, 0.717) is 22.8 Å². The van der Waals surface area contributed by atoms with Crippen molar-refractivity contribution in [3.63, 3.8) is 0 Å². The minimum atomic E-state index is -0.265. The Balaban J connectivity index is 2.31. The Labute approximate surface area is 122 Å². The topological polar surface area (TPSA) is 47.3 Å². The maximum absolute atomic E-state index is 13.7. The van der Waals surface area contributed by atoms with Crippen LogP contribution in [0.2, 0.25) is 5.02 Å². The summed E-state index contributed by atoms with van der Waals surface area (Å²) in [5.41, 5.74) is 4.12. The van der Waals surface area contributed by atoms with Gasteiger partial charge in [0, 0.05) is 10.6 Å². The van der Waals surface area contributed by atoms with Gasteiger partial charge in [-0.3, -0.25) is 11.3 Å². The second-order valence-corrected chi connectivity index (χ2v) is 4.84. The molecule has 0 aliphatic carbocycles. The Morgan fingerprint density at radius 2 is 2.05 bits per heavy atom. The fourth-order valence-corrected chi connectivity index (χ4v) is 2.28. The van der Waals surface area contributed by atoms with Gasteiger partial charge in [-0.1, -0.05) is 35.9 Å². The lowest BCUT2D eigenvalue weighted by atomic mass is 9.98. The van der Waals surface area contributed by atoms with Crippen LogP contribution in [0, 0.1) is 5.82 Å². The molecule has 0 aromatic heterocycles. The molecular formula is C15H16ClFN2O. The van der Waals surface area contributed by atoms with Gasteiger partial charge in [-0.05, 0) is 30.2 Å². The fourth-order valence-electron chi connectivity index (χ4n) is 2.12. The van der Waals surface area contributed by atoms with Crippen LogP contribution in [-0.4, -0.2) is 7.11 Å². The summed E-state index contributed by atoms with van der Waals surface area (Å²) in [6.07, 6.45) is 0.418. The van der Waals surface area contributed by atoms with Gasteiger partial charge in [0.1, 0.15) is 11.6 Å². The summed E-state index contributed by atoms with van der Waals surface area (Å²) >= 11 is 5.94. The van der Waals surface area contributed by atoms with Crippen molar-refractivity contribution in [2.75, 3.05) is 7.11 Å². The second kappa shape index (κ2) is 6.70. The van der Waals surface area contributed by atoms with E-state index in [1.165, 1.54) is 6.07 Å². The van der Waals surface area contributed by atoms with Crippen LogP contribution in [0.15, 0.2) is 42.5 Å². The van der Waals surface area contributed by atoms with E-state index in [0.717, 1.165) is 5.56 Å². The molecule has 0 fully saturated rings. The molecule has 0 heterocycles. The third kappa shape index (κ3) is 3.28. The van der Waals surface area contributed by atoms with E-state index >= 15 is 0 Å². The van der Waals surface area contributed by atoms with E-state index in [9.17, 15) is 4.39 Å². The molecule has 1 atom stereocenters. The monoisotopic (exact) mass is 294 g/mol. The molecule has 1 unspecified atom stereocenters. The first-order valence-electron chi connectivity index (χ1n) is 6.18. The highest BCUT2D eigenvalue weighted by molar-refractivity contribution is 6.30.